The van der Waals surface area contributed by atoms with Crippen LogP contribution in [0.15, 0.2) is 11.8 Å². The summed E-state index contributed by atoms with van der Waals surface area (Å²) in [5.41, 5.74) is 0.542. The Bertz CT molecular complexity index is 333. The first-order chi connectivity index (χ1) is 7.09. The molecule has 0 aromatic rings. The van der Waals surface area contributed by atoms with Crippen LogP contribution in [0, 0.1) is 5.92 Å². The molecule has 2 heterocycles. The Morgan fingerprint density at radius 3 is 2.93 bits per heavy atom. The van der Waals surface area contributed by atoms with Gasteiger partial charge in [0, 0.05) is 6.54 Å². The van der Waals surface area contributed by atoms with E-state index in [1.807, 2.05) is 6.08 Å². The third kappa shape index (κ3) is 1.76. The van der Waals surface area contributed by atoms with Crippen LogP contribution in [-0.2, 0) is 9.59 Å². The van der Waals surface area contributed by atoms with E-state index in [-0.39, 0.29) is 17.9 Å². The molecule has 0 bridgehead atoms. The maximum Gasteiger partial charge on any atom is 0.268 e. The Morgan fingerprint density at radius 2 is 2.27 bits per heavy atom. The zero-order valence-electron chi connectivity index (χ0n) is 9.12. The zero-order valence-corrected chi connectivity index (χ0v) is 9.12. The lowest BCUT2D eigenvalue weighted by molar-refractivity contribution is -0.140. The third-order valence-electron chi connectivity index (χ3n) is 2.79. The molecule has 2 aliphatic heterocycles. The molecule has 0 saturated carbocycles. The number of nitrogens with zero attached hydrogens (tertiary/aromatic N) is 1. The molecule has 1 saturated heterocycles. The SMILES string of the molecule is CC(C)CC1NC(=O)C2=CCCN2C1=O. The first-order valence-electron chi connectivity index (χ1n) is 5.42. The van der Waals surface area contributed by atoms with Crippen LogP contribution < -0.4 is 5.32 Å². The number of carbonyl (C=O) groups excluding carboxylic acids is 2. The van der Waals surface area contributed by atoms with Crippen molar-refractivity contribution in [2.45, 2.75) is 32.7 Å². The van der Waals surface area contributed by atoms with Gasteiger partial charge in [-0.2, -0.15) is 0 Å². The van der Waals surface area contributed by atoms with E-state index < -0.39 is 0 Å². The second kappa shape index (κ2) is 3.68. The highest BCUT2D eigenvalue weighted by Crippen LogP contribution is 2.22. The van der Waals surface area contributed by atoms with E-state index in [1.54, 1.807) is 4.90 Å². The van der Waals surface area contributed by atoms with Crippen molar-refractivity contribution in [2.24, 2.45) is 5.92 Å². The van der Waals surface area contributed by atoms with E-state index in [0.29, 0.717) is 24.6 Å². The Kier molecular flexibility index (Phi) is 2.50. The van der Waals surface area contributed by atoms with E-state index >= 15 is 0 Å². The summed E-state index contributed by atoms with van der Waals surface area (Å²) < 4.78 is 0. The molecule has 1 N–H and O–H groups in total. The number of rotatable bonds is 2. The van der Waals surface area contributed by atoms with Gasteiger partial charge in [-0.1, -0.05) is 19.9 Å². The summed E-state index contributed by atoms with van der Waals surface area (Å²) in [4.78, 5) is 25.2. The largest absolute Gasteiger partial charge is 0.339 e. The molecule has 1 fully saturated rings. The molecule has 0 aliphatic carbocycles. The van der Waals surface area contributed by atoms with Crippen molar-refractivity contribution in [1.29, 1.82) is 0 Å². The highest BCUT2D eigenvalue weighted by molar-refractivity contribution is 6.05. The topological polar surface area (TPSA) is 49.4 Å². The Hall–Kier alpha value is -1.32. The monoisotopic (exact) mass is 208 g/mol. The first kappa shape index (κ1) is 10.2. The van der Waals surface area contributed by atoms with E-state index in [9.17, 15) is 9.59 Å². The average Bonchev–Trinajstić information content (AvgIpc) is 2.61. The standard InChI is InChI=1S/C11H16N2O2/c1-7(2)6-8-11(15)13-5-3-4-9(13)10(14)12-8/h4,7-8H,3,5-6H2,1-2H3,(H,12,14). The summed E-state index contributed by atoms with van der Waals surface area (Å²) in [6.45, 7) is 4.76. The second-order valence-corrected chi connectivity index (χ2v) is 4.52. The number of hydrogen-bond donors (Lipinski definition) is 1. The minimum Gasteiger partial charge on any atom is -0.339 e. The second-order valence-electron chi connectivity index (χ2n) is 4.52. The molecule has 15 heavy (non-hydrogen) atoms. The molecule has 1 atom stereocenters. The van der Waals surface area contributed by atoms with Crippen molar-refractivity contribution >= 4 is 11.8 Å². The van der Waals surface area contributed by atoms with Gasteiger partial charge < -0.3 is 10.2 Å². The molecule has 2 aliphatic rings. The smallest absolute Gasteiger partial charge is 0.268 e. The Labute approximate surface area is 89.3 Å². The molecule has 4 nitrogen and oxygen atoms in total. The van der Waals surface area contributed by atoms with Gasteiger partial charge in [0.25, 0.3) is 5.91 Å². The minimum atomic E-state index is -0.326. The van der Waals surface area contributed by atoms with Gasteiger partial charge >= 0.3 is 0 Å². The molecule has 1 unspecified atom stereocenters. The number of nitrogens with one attached hydrogen (secondary N) is 1. The molecule has 0 radical (unpaired) electrons. The summed E-state index contributed by atoms with van der Waals surface area (Å²) >= 11 is 0. The number of carbonyl (C=O) groups is 2. The van der Waals surface area contributed by atoms with Gasteiger partial charge in [0.1, 0.15) is 11.7 Å². The van der Waals surface area contributed by atoms with E-state index in [1.165, 1.54) is 0 Å². The fraction of sp³-hybridized carbons (Fsp3) is 0.636. The summed E-state index contributed by atoms with van der Waals surface area (Å²) in [6.07, 6.45) is 3.34. The van der Waals surface area contributed by atoms with Crippen LogP contribution in [0.25, 0.3) is 0 Å². The average molecular weight is 208 g/mol. The van der Waals surface area contributed by atoms with Crippen molar-refractivity contribution < 1.29 is 9.59 Å². The van der Waals surface area contributed by atoms with Crippen molar-refractivity contribution in [3.05, 3.63) is 11.8 Å². The fourth-order valence-corrected chi connectivity index (χ4v) is 2.12. The van der Waals surface area contributed by atoms with Crippen LogP contribution in [0.1, 0.15) is 26.7 Å². The van der Waals surface area contributed by atoms with Gasteiger partial charge in [0.05, 0.1) is 0 Å². The molecule has 2 amide bonds. The highest BCUT2D eigenvalue weighted by atomic mass is 16.2. The lowest BCUT2D eigenvalue weighted by Gasteiger charge is -2.32. The molecular weight excluding hydrogens is 192 g/mol. The highest BCUT2D eigenvalue weighted by Gasteiger charge is 2.38. The lowest BCUT2D eigenvalue weighted by Crippen LogP contribution is -2.55. The first-order valence-corrected chi connectivity index (χ1v) is 5.42. The number of hydrogen-bond acceptors (Lipinski definition) is 2. The Balaban J connectivity index is 2.15. The normalized spacial score (nSPS) is 25.4. The molecule has 82 valence electrons. The van der Waals surface area contributed by atoms with Gasteiger partial charge in [-0.3, -0.25) is 9.59 Å². The van der Waals surface area contributed by atoms with Crippen LogP contribution in [0.2, 0.25) is 0 Å². The molecular formula is C11H16N2O2. The predicted molar refractivity (Wildman–Crippen MR) is 55.8 cm³/mol. The van der Waals surface area contributed by atoms with Crippen molar-refractivity contribution in [3.63, 3.8) is 0 Å². The predicted octanol–water partition coefficient (Wildman–Crippen LogP) is 0.647. The van der Waals surface area contributed by atoms with Crippen LogP contribution in [-0.4, -0.2) is 29.3 Å². The maximum atomic E-state index is 12.0. The van der Waals surface area contributed by atoms with Crippen LogP contribution in [0.3, 0.4) is 0 Å². The summed E-state index contributed by atoms with van der Waals surface area (Å²) in [5, 5.41) is 2.77. The van der Waals surface area contributed by atoms with E-state index in [0.717, 1.165) is 6.42 Å². The molecule has 4 heteroatoms. The van der Waals surface area contributed by atoms with Crippen LogP contribution in [0.5, 0.6) is 0 Å². The molecule has 0 aromatic heterocycles. The van der Waals surface area contributed by atoms with E-state index in [2.05, 4.69) is 19.2 Å². The fourth-order valence-electron chi connectivity index (χ4n) is 2.12. The quantitative estimate of drug-likeness (QED) is 0.724. The van der Waals surface area contributed by atoms with Crippen molar-refractivity contribution in [1.82, 2.24) is 10.2 Å². The zero-order chi connectivity index (χ0) is 11.0. The van der Waals surface area contributed by atoms with Crippen molar-refractivity contribution in [2.75, 3.05) is 6.54 Å². The van der Waals surface area contributed by atoms with Gasteiger partial charge in [-0.25, -0.2) is 0 Å². The van der Waals surface area contributed by atoms with Gasteiger partial charge in [0.15, 0.2) is 0 Å². The van der Waals surface area contributed by atoms with Gasteiger partial charge in [-0.15, -0.1) is 0 Å². The van der Waals surface area contributed by atoms with Gasteiger partial charge in [0.2, 0.25) is 5.91 Å². The maximum absolute atomic E-state index is 12.0. The Morgan fingerprint density at radius 1 is 1.53 bits per heavy atom. The summed E-state index contributed by atoms with van der Waals surface area (Å²) in [5.74, 6) is 0.359. The summed E-state index contributed by atoms with van der Waals surface area (Å²) in [7, 11) is 0. The molecule has 2 rings (SSSR count). The molecule has 0 spiro atoms. The summed E-state index contributed by atoms with van der Waals surface area (Å²) in [6, 6.07) is -0.326. The van der Waals surface area contributed by atoms with E-state index in [4.69, 9.17) is 0 Å². The number of piperazine rings is 1. The van der Waals surface area contributed by atoms with Crippen LogP contribution in [0.4, 0.5) is 0 Å². The minimum absolute atomic E-state index is 0.0482. The third-order valence-corrected chi connectivity index (χ3v) is 2.79. The number of amides is 2. The lowest BCUT2D eigenvalue weighted by atomic mass is 10.0. The van der Waals surface area contributed by atoms with Crippen LogP contribution >= 0.6 is 0 Å². The number of fused-ring (bicyclic) bond motifs is 1. The van der Waals surface area contributed by atoms with Crippen molar-refractivity contribution in [3.8, 4) is 0 Å². The molecule has 0 aromatic carbocycles. The van der Waals surface area contributed by atoms with Gasteiger partial charge in [-0.05, 0) is 18.8 Å².